The Bertz CT molecular complexity index is 524. The molecule has 0 aliphatic carbocycles. The summed E-state index contributed by atoms with van der Waals surface area (Å²) in [6.07, 6.45) is 1.87. The second-order valence-electron chi connectivity index (χ2n) is 8.55. The molecule has 0 spiro atoms. The van der Waals surface area contributed by atoms with E-state index in [0.717, 1.165) is 23.1 Å². The van der Waals surface area contributed by atoms with E-state index in [2.05, 4.69) is 41.5 Å². The van der Waals surface area contributed by atoms with Gasteiger partial charge in [-0.1, -0.05) is 67.0 Å². The van der Waals surface area contributed by atoms with Crippen LogP contribution in [0.4, 0.5) is 0 Å². The Kier molecular flexibility index (Phi) is 5.89. The van der Waals surface area contributed by atoms with Crippen LogP contribution in [-0.2, 0) is 22.0 Å². The lowest BCUT2D eigenvalue weighted by atomic mass is 9.77. The largest absolute Gasteiger partial charge is 0.550 e. The van der Waals surface area contributed by atoms with Crippen LogP contribution in [0, 0.1) is 5.92 Å². The summed E-state index contributed by atoms with van der Waals surface area (Å²) in [5.41, 5.74) is 2.28. The van der Waals surface area contributed by atoms with Gasteiger partial charge in [-0.05, 0) is 40.4 Å². The van der Waals surface area contributed by atoms with Crippen molar-refractivity contribution in [2.45, 2.75) is 78.6 Å². The number of benzene rings is 1. The van der Waals surface area contributed by atoms with Gasteiger partial charge in [-0.3, -0.25) is 0 Å². The highest BCUT2D eigenvalue weighted by Crippen LogP contribution is 2.40. The molecule has 0 saturated heterocycles. The van der Waals surface area contributed by atoms with E-state index in [1.165, 1.54) is 0 Å². The van der Waals surface area contributed by atoms with E-state index in [1.54, 1.807) is 0 Å². The van der Waals surface area contributed by atoms with Gasteiger partial charge in [0.25, 0.3) is 0 Å². The van der Waals surface area contributed by atoms with Gasteiger partial charge in [-0.25, -0.2) is 0 Å². The molecule has 1 aromatic rings. The summed E-state index contributed by atoms with van der Waals surface area (Å²) >= 11 is 0. The molecule has 0 fully saturated rings. The van der Waals surface area contributed by atoms with Gasteiger partial charge in [-0.15, -0.1) is 0 Å². The third-order valence-electron chi connectivity index (χ3n) is 4.24. The summed E-state index contributed by atoms with van der Waals surface area (Å²) in [6, 6.07) is 3.91. The molecule has 0 bridgehead atoms. The summed E-state index contributed by atoms with van der Waals surface area (Å²) in [4.78, 5) is 11.4. The fourth-order valence-corrected chi connectivity index (χ4v) is 2.89. The van der Waals surface area contributed by atoms with E-state index in [-0.39, 0.29) is 10.8 Å². The molecular weight excluding hydrogens is 288 g/mol. The minimum absolute atomic E-state index is 0.207. The number of carbonyl (C=O) groups is 1. The van der Waals surface area contributed by atoms with Crippen LogP contribution < -0.4 is 5.11 Å². The van der Waals surface area contributed by atoms with Crippen LogP contribution in [-0.4, -0.2) is 11.1 Å². The SMILES string of the molecule is CCCC(Cc1cc(C(C)(C)C)c(O)c(C(C)(C)C)c1)C(=O)[O-]. The van der Waals surface area contributed by atoms with E-state index in [9.17, 15) is 15.0 Å². The number of rotatable bonds is 5. The number of hydrogen-bond acceptors (Lipinski definition) is 3. The molecule has 3 nitrogen and oxygen atoms in total. The van der Waals surface area contributed by atoms with Crippen LogP contribution in [0.2, 0.25) is 0 Å². The standard InChI is InChI=1S/C20H32O3/c1-8-9-14(18(22)23)10-13-11-15(19(2,3)4)17(21)16(12-13)20(5,6)7/h11-12,14,21H,8-10H2,1-7H3,(H,22,23)/p-1. The molecule has 1 aromatic carbocycles. The van der Waals surface area contributed by atoms with E-state index < -0.39 is 11.9 Å². The van der Waals surface area contributed by atoms with Crippen molar-refractivity contribution >= 4 is 5.97 Å². The Morgan fingerprint density at radius 2 is 1.52 bits per heavy atom. The predicted octanol–water partition coefficient (Wildman–Crippen LogP) is 3.70. The molecule has 0 radical (unpaired) electrons. The molecule has 0 aliphatic heterocycles. The number of carboxylic acids is 1. The second-order valence-corrected chi connectivity index (χ2v) is 8.55. The smallest absolute Gasteiger partial charge is 0.123 e. The quantitative estimate of drug-likeness (QED) is 0.900. The number of carbonyl (C=O) groups excluding carboxylic acids is 1. The van der Waals surface area contributed by atoms with E-state index in [1.807, 2.05) is 19.1 Å². The topological polar surface area (TPSA) is 60.4 Å². The third kappa shape index (κ3) is 4.98. The number of aromatic hydroxyl groups is 1. The summed E-state index contributed by atoms with van der Waals surface area (Å²) in [6.45, 7) is 14.3. The molecule has 3 heteroatoms. The third-order valence-corrected chi connectivity index (χ3v) is 4.24. The highest BCUT2D eigenvalue weighted by atomic mass is 16.4. The Hall–Kier alpha value is -1.51. The summed E-state index contributed by atoms with van der Waals surface area (Å²) in [7, 11) is 0. The molecule has 1 unspecified atom stereocenters. The molecule has 0 heterocycles. The Morgan fingerprint density at radius 1 is 1.09 bits per heavy atom. The number of carboxylic acid groups (broad SMARTS) is 1. The van der Waals surface area contributed by atoms with Gasteiger partial charge in [0.2, 0.25) is 0 Å². The van der Waals surface area contributed by atoms with Gasteiger partial charge in [0, 0.05) is 11.9 Å². The maximum atomic E-state index is 11.4. The van der Waals surface area contributed by atoms with Crippen molar-refractivity contribution in [3.8, 4) is 5.75 Å². The average molecular weight is 319 g/mol. The lowest BCUT2D eigenvalue weighted by molar-refractivity contribution is -0.311. The van der Waals surface area contributed by atoms with Gasteiger partial charge in [0.05, 0.1) is 0 Å². The normalized spacial score (nSPS) is 13.9. The molecule has 1 N–H and O–H groups in total. The maximum Gasteiger partial charge on any atom is 0.123 e. The van der Waals surface area contributed by atoms with Gasteiger partial charge < -0.3 is 15.0 Å². The molecular formula is C20H31O3-. The number of aliphatic carboxylic acids is 1. The number of hydrogen-bond donors (Lipinski definition) is 1. The predicted molar refractivity (Wildman–Crippen MR) is 92.6 cm³/mol. The monoisotopic (exact) mass is 319 g/mol. The lowest BCUT2D eigenvalue weighted by Gasteiger charge is -2.29. The van der Waals surface area contributed by atoms with Crippen molar-refractivity contribution in [1.29, 1.82) is 0 Å². The summed E-state index contributed by atoms with van der Waals surface area (Å²) < 4.78 is 0. The van der Waals surface area contributed by atoms with Crippen LogP contribution in [0.3, 0.4) is 0 Å². The van der Waals surface area contributed by atoms with Crippen LogP contribution in [0.25, 0.3) is 0 Å². The minimum Gasteiger partial charge on any atom is -0.550 e. The highest BCUT2D eigenvalue weighted by molar-refractivity contribution is 5.68. The fraction of sp³-hybridized carbons (Fsp3) is 0.650. The zero-order valence-corrected chi connectivity index (χ0v) is 15.6. The first-order chi connectivity index (χ1) is 10.4. The van der Waals surface area contributed by atoms with Gasteiger partial charge in [0.1, 0.15) is 5.75 Å². The lowest BCUT2D eigenvalue weighted by Crippen LogP contribution is -2.32. The summed E-state index contributed by atoms with van der Waals surface area (Å²) in [5.74, 6) is -1.14. The fourth-order valence-electron chi connectivity index (χ4n) is 2.89. The van der Waals surface area contributed by atoms with E-state index in [4.69, 9.17) is 0 Å². The summed E-state index contributed by atoms with van der Waals surface area (Å²) in [5, 5.41) is 22.1. The van der Waals surface area contributed by atoms with Gasteiger partial charge in [0.15, 0.2) is 0 Å². The average Bonchev–Trinajstić information content (AvgIpc) is 2.37. The van der Waals surface area contributed by atoms with E-state index >= 15 is 0 Å². The first-order valence-electron chi connectivity index (χ1n) is 8.45. The molecule has 0 saturated carbocycles. The van der Waals surface area contributed by atoms with Crippen LogP contribution >= 0.6 is 0 Å². The molecule has 23 heavy (non-hydrogen) atoms. The van der Waals surface area contributed by atoms with E-state index in [0.29, 0.717) is 18.6 Å². The Balaban J connectivity index is 3.41. The van der Waals surface area contributed by atoms with Gasteiger partial charge in [-0.2, -0.15) is 0 Å². The molecule has 130 valence electrons. The molecule has 1 rings (SSSR count). The molecule has 0 amide bonds. The van der Waals surface area contributed by atoms with Gasteiger partial charge >= 0.3 is 0 Å². The molecule has 0 aliphatic rings. The Labute approximate surface area is 140 Å². The number of phenols is 1. The van der Waals surface area contributed by atoms with Crippen molar-refractivity contribution < 1.29 is 15.0 Å². The zero-order chi connectivity index (χ0) is 18.0. The van der Waals surface area contributed by atoms with Crippen LogP contribution in [0.5, 0.6) is 5.75 Å². The van der Waals surface area contributed by atoms with Crippen LogP contribution in [0.1, 0.15) is 78.0 Å². The number of phenolic OH excluding ortho intramolecular Hbond substituents is 1. The minimum atomic E-state index is -0.991. The van der Waals surface area contributed by atoms with Crippen molar-refractivity contribution in [1.82, 2.24) is 0 Å². The highest BCUT2D eigenvalue weighted by Gasteiger charge is 2.27. The first kappa shape index (κ1) is 19.5. The molecule has 0 aromatic heterocycles. The Morgan fingerprint density at radius 3 is 1.83 bits per heavy atom. The molecule has 1 atom stereocenters. The van der Waals surface area contributed by atoms with Crippen molar-refractivity contribution in [2.75, 3.05) is 0 Å². The zero-order valence-electron chi connectivity index (χ0n) is 15.6. The maximum absolute atomic E-state index is 11.4. The van der Waals surface area contributed by atoms with Crippen molar-refractivity contribution in [2.24, 2.45) is 5.92 Å². The first-order valence-corrected chi connectivity index (χ1v) is 8.45. The van der Waals surface area contributed by atoms with Crippen molar-refractivity contribution in [3.63, 3.8) is 0 Å². The van der Waals surface area contributed by atoms with Crippen LogP contribution in [0.15, 0.2) is 12.1 Å². The second kappa shape index (κ2) is 6.94. The van der Waals surface area contributed by atoms with Crippen molar-refractivity contribution in [3.05, 3.63) is 28.8 Å².